The number of hydrogen-bond acceptors (Lipinski definition) is 6. The Labute approximate surface area is 229 Å². The van der Waals surface area contributed by atoms with Gasteiger partial charge in [0.05, 0.1) is 11.1 Å². The van der Waals surface area contributed by atoms with Gasteiger partial charge < -0.3 is 14.7 Å². The molecule has 3 aliphatic rings. The maximum atomic E-state index is 16.5. The normalized spacial score (nSPS) is 22.4. The van der Waals surface area contributed by atoms with Crippen molar-refractivity contribution in [3.05, 3.63) is 53.7 Å². The molecule has 40 heavy (non-hydrogen) atoms. The minimum atomic E-state index is -0.893. The van der Waals surface area contributed by atoms with Crippen LogP contribution in [-0.2, 0) is 0 Å². The molecular weight excluding hydrogens is 517 g/mol. The summed E-state index contributed by atoms with van der Waals surface area (Å²) in [5.74, 6) is 1.03. The smallest absolute Gasteiger partial charge is 0.317 e. The average molecular weight is 545 g/mol. The largest absolute Gasteiger partial charge is 0.508 e. The van der Waals surface area contributed by atoms with Crippen molar-refractivity contribution in [1.82, 2.24) is 14.9 Å². The maximum absolute atomic E-state index is 16.5. The highest BCUT2D eigenvalue weighted by atomic mass is 19.1. The number of ether oxygens (including phenoxy) is 1. The van der Waals surface area contributed by atoms with Crippen LogP contribution in [0.5, 0.6) is 11.8 Å². The first-order valence-corrected chi connectivity index (χ1v) is 13.6. The number of rotatable bonds is 5. The number of anilines is 1. The second-order valence-electron chi connectivity index (χ2n) is 11.0. The van der Waals surface area contributed by atoms with E-state index < -0.39 is 23.3 Å². The van der Waals surface area contributed by atoms with Gasteiger partial charge in [-0.15, -0.1) is 6.42 Å². The minimum Gasteiger partial charge on any atom is -0.508 e. The highest BCUT2D eigenvalue weighted by Crippen LogP contribution is 2.43. The van der Waals surface area contributed by atoms with Crippen LogP contribution in [0.4, 0.5) is 18.9 Å². The van der Waals surface area contributed by atoms with Gasteiger partial charge in [0.15, 0.2) is 5.82 Å². The molecule has 6 nitrogen and oxygen atoms in total. The van der Waals surface area contributed by atoms with Crippen molar-refractivity contribution in [2.24, 2.45) is 0 Å². The Hall–Kier alpha value is -4.03. The lowest BCUT2D eigenvalue weighted by atomic mass is 9.92. The molecule has 4 aromatic rings. The molecule has 0 radical (unpaired) electrons. The molecular formula is C31H27F3N4O2. The molecule has 7 rings (SSSR count). The highest BCUT2D eigenvalue weighted by molar-refractivity contribution is 6.05. The Morgan fingerprint density at radius 1 is 1.12 bits per heavy atom. The molecule has 3 saturated heterocycles. The molecule has 1 aromatic heterocycles. The molecule has 204 valence electrons. The van der Waals surface area contributed by atoms with Crippen molar-refractivity contribution >= 4 is 27.4 Å². The van der Waals surface area contributed by atoms with Crippen LogP contribution in [0, 0.1) is 24.0 Å². The van der Waals surface area contributed by atoms with E-state index in [-0.39, 0.29) is 40.6 Å². The summed E-state index contributed by atoms with van der Waals surface area (Å²) < 4.78 is 51.4. The first-order valence-electron chi connectivity index (χ1n) is 13.6. The summed E-state index contributed by atoms with van der Waals surface area (Å²) >= 11 is 0. The van der Waals surface area contributed by atoms with Crippen LogP contribution in [0.25, 0.3) is 32.8 Å². The molecule has 0 aliphatic carbocycles. The number of aromatic hydroxyl groups is 1. The van der Waals surface area contributed by atoms with Crippen molar-refractivity contribution in [2.45, 2.75) is 37.4 Å². The molecule has 2 atom stereocenters. The fourth-order valence-corrected chi connectivity index (χ4v) is 6.64. The number of fused-ring (bicyclic) bond motifs is 3. The first kappa shape index (κ1) is 25.0. The summed E-state index contributed by atoms with van der Waals surface area (Å²) in [5, 5.41) is 11.8. The number of hydrogen-bond donors (Lipinski definition) is 1. The molecule has 0 bridgehead atoms. The maximum Gasteiger partial charge on any atom is 0.317 e. The summed E-state index contributed by atoms with van der Waals surface area (Å²) in [4.78, 5) is 13.1. The van der Waals surface area contributed by atoms with Gasteiger partial charge in [-0.3, -0.25) is 4.90 Å². The molecule has 3 aromatic carbocycles. The van der Waals surface area contributed by atoms with Crippen molar-refractivity contribution in [1.29, 1.82) is 0 Å². The number of terminal acetylenes is 1. The van der Waals surface area contributed by atoms with Gasteiger partial charge in [0, 0.05) is 54.3 Å². The van der Waals surface area contributed by atoms with Crippen LogP contribution < -0.4 is 9.64 Å². The average Bonchev–Trinajstić information content (AvgIpc) is 3.43. The van der Waals surface area contributed by atoms with Gasteiger partial charge in [-0.05, 0) is 61.0 Å². The van der Waals surface area contributed by atoms with Crippen molar-refractivity contribution in [3.8, 4) is 35.2 Å². The molecule has 0 amide bonds. The molecule has 9 heteroatoms. The Kier molecular flexibility index (Phi) is 5.79. The van der Waals surface area contributed by atoms with E-state index in [4.69, 9.17) is 11.2 Å². The topological polar surface area (TPSA) is 61.7 Å². The molecule has 3 aliphatic heterocycles. The van der Waals surface area contributed by atoms with Crippen molar-refractivity contribution in [3.63, 3.8) is 0 Å². The number of alkyl halides is 1. The predicted molar refractivity (Wildman–Crippen MR) is 147 cm³/mol. The van der Waals surface area contributed by atoms with Crippen molar-refractivity contribution in [2.75, 3.05) is 37.7 Å². The van der Waals surface area contributed by atoms with Gasteiger partial charge in [0.1, 0.15) is 29.9 Å². The summed E-state index contributed by atoms with van der Waals surface area (Å²) in [7, 11) is 0. The highest BCUT2D eigenvalue weighted by Gasteiger charge is 2.49. The second kappa shape index (κ2) is 9.27. The fourth-order valence-electron chi connectivity index (χ4n) is 6.64. The van der Waals surface area contributed by atoms with E-state index in [2.05, 4.69) is 25.7 Å². The third-order valence-corrected chi connectivity index (χ3v) is 8.68. The lowest BCUT2D eigenvalue weighted by Crippen LogP contribution is -2.43. The first-order chi connectivity index (χ1) is 19.4. The quantitative estimate of drug-likeness (QED) is 0.331. The van der Waals surface area contributed by atoms with E-state index in [1.807, 2.05) is 0 Å². The van der Waals surface area contributed by atoms with Crippen LogP contribution in [-0.4, -0.2) is 64.5 Å². The summed E-state index contributed by atoms with van der Waals surface area (Å²) in [5.41, 5.74) is 0.791. The monoisotopic (exact) mass is 544 g/mol. The zero-order valence-electron chi connectivity index (χ0n) is 21.8. The van der Waals surface area contributed by atoms with Gasteiger partial charge in [-0.1, -0.05) is 12.0 Å². The van der Waals surface area contributed by atoms with E-state index in [0.29, 0.717) is 29.1 Å². The number of phenolic OH excluding ortho intramolecular Hbond substituents is 1. The van der Waals surface area contributed by atoms with Crippen LogP contribution >= 0.6 is 0 Å². The van der Waals surface area contributed by atoms with Gasteiger partial charge >= 0.3 is 6.01 Å². The van der Waals surface area contributed by atoms with Crippen LogP contribution in [0.2, 0.25) is 0 Å². The standard InChI is InChI=1S/C31H27F3N4O2/c1-2-21-25(33)6-5-18-11-20(39)12-22(27(18)21)23-13-26(37-8-4-9-37)24-15-35-30(36-29(24)28(23)34)40-17-31-7-3-10-38(31)16-19(32)14-31/h1,5-6,11-13,15,19,39H,3-4,7-10,14,16-17H2/t19?,31-/m0/s1. The van der Waals surface area contributed by atoms with E-state index >= 15 is 4.39 Å². The zero-order valence-corrected chi connectivity index (χ0v) is 21.8. The number of phenols is 1. The molecule has 0 spiro atoms. The Morgan fingerprint density at radius 2 is 1.98 bits per heavy atom. The Bertz CT molecular complexity index is 1720. The summed E-state index contributed by atoms with van der Waals surface area (Å²) in [6.07, 6.45) is 9.53. The lowest BCUT2D eigenvalue weighted by Gasteiger charge is -2.34. The number of benzene rings is 3. The number of nitrogens with zero attached hydrogens (tertiary/aromatic N) is 4. The lowest BCUT2D eigenvalue weighted by molar-refractivity contribution is 0.107. The van der Waals surface area contributed by atoms with Crippen LogP contribution in [0.3, 0.4) is 0 Å². The molecule has 1 N–H and O–H groups in total. The van der Waals surface area contributed by atoms with Gasteiger partial charge in [0.25, 0.3) is 0 Å². The van der Waals surface area contributed by atoms with Gasteiger partial charge in [-0.25, -0.2) is 18.2 Å². The summed E-state index contributed by atoms with van der Waals surface area (Å²) in [6.45, 7) is 3.02. The molecule has 4 heterocycles. The van der Waals surface area contributed by atoms with E-state index in [1.165, 1.54) is 24.3 Å². The zero-order chi connectivity index (χ0) is 27.6. The second-order valence-corrected chi connectivity index (χ2v) is 11.0. The van der Waals surface area contributed by atoms with Gasteiger partial charge in [0.2, 0.25) is 0 Å². The van der Waals surface area contributed by atoms with Crippen LogP contribution in [0.15, 0.2) is 36.5 Å². The third-order valence-electron chi connectivity index (χ3n) is 8.68. The summed E-state index contributed by atoms with van der Waals surface area (Å²) in [6, 6.07) is 7.31. The van der Waals surface area contributed by atoms with E-state index in [0.717, 1.165) is 44.6 Å². The van der Waals surface area contributed by atoms with Crippen molar-refractivity contribution < 1.29 is 23.0 Å². The third kappa shape index (κ3) is 3.85. The molecule has 1 unspecified atom stereocenters. The number of aromatic nitrogens is 2. The van der Waals surface area contributed by atoms with Gasteiger partial charge in [-0.2, -0.15) is 4.98 Å². The Balaban J connectivity index is 1.38. The SMILES string of the molecule is C#Cc1c(F)ccc2cc(O)cc(-c3cc(N4CCC4)c4cnc(OC[C@@]56CCCN5CC(F)C6)nc4c3F)c12. The van der Waals surface area contributed by atoms with E-state index in [1.54, 1.807) is 12.3 Å². The van der Waals surface area contributed by atoms with Crippen LogP contribution in [0.1, 0.15) is 31.2 Å². The van der Waals surface area contributed by atoms with E-state index in [9.17, 15) is 13.9 Å². The Morgan fingerprint density at radius 3 is 2.75 bits per heavy atom. The predicted octanol–water partition coefficient (Wildman–Crippen LogP) is 5.58. The molecule has 0 saturated carbocycles. The minimum absolute atomic E-state index is 0.00712. The fraction of sp³-hybridized carbons (Fsp3) is 0.355. The molecule has 3 fully saturated rings. The number of halogens is 3.